The van der Waals surface area contributed by atoms with Crippen molar-refractivity contribution in [3.63, 3.8) is 0 Å². The average molecular weight is 532 g/mol. The molecule has 3 rings (SSSR count). The Morgan fingerprint density at radius 3 is 2.55 bits per heavy atom. The summed E-state index contributed by atoms with van der Waals surface area (Å²) in [5.41, 5.74) is 2.18. The number of guanidine groups is 1. The molecule has 0 bridgehead atoms. The third kappa shape index (κ3) is 7.38. The number of rotatable bonds is 6. The number of nitrogens with one attached hydrogen (secondary N) is 2. The monoisotopic (exact) mass is 532 g/mol. The minimum Gasteiger partial charge on any atom is -0.354 e. The molecule has 2 N–H and O–H groups in total. The summed E-state index contributed by atoms with van der Waals surface area (Å²) in [5, 5.41) is 9.96. The molecular weight excluding hydrogens is 502 g/mol. The lowest BCUT2D eigenvalue weighted by Gasteiger charge is -2.33. The van der Waals surface area contributed by atoms with Crippen LogP contribution in [-0.4, -0.2) is 56.1 Å². The van der Waals surface area contributed by atoms with E-state index < -0.39 is 0 Å². The minimum absolute atomic E-state index is 0. The summed E-state index contributed by atoms with van der Waals surface area (Å²) in [6, 6.07) is 7.20. The molecule has 0 spiro atoms. The molecule has 0 atom stereocenters. The van der Waals surface area contributed by atoms with Gasteiger partial charge in [0.25, 0.3) is 0 Å². The number of piperidine rings is 1. The van der Waals surface area contributed by atoms with Crippen LogP contribution >= 0.6 is 35.3 Å². The molecule has 2 heterocycles. The first-order valence-corrected chi connectivity index (χ1v) is 10.5. The number of benzene rings is 1. The van der Waals surface area contributed by atoms with Crippen LogP contribution in [0.15, 0.2) is 34.6 Å². The summed E-state index contributed by atoms with van der Waals surface area (Å²) < 4.78 is 13.0. The summed E-state index contributed by atoms with van der Waals surface area (Å²) in [4.78, 5) is 13.4. The van der Waals surface area contributed by atoms with Crippen molar-refractivity contribution in [2.45, 2.75) is 32.0 Å². The molecular formula is C20H30FIN6S. The average Bonchev–Trinajstić information content (AvgIpc) is 3.18. The van der Waals surface area contributed by atoms with Gasteiger partial charge in [0, 0.05) is 52.2 Å². The second-order valence-electron chi connectivity index (χ2n) is 7.26. The molecule has 0 saturated carbocycles. The van der Waals surface area contributed by atoms with E-state index in [1.54, 1.807) is 18.4 Å². The Morgan fingerprint density at radius 2 is 1.97 bits per heavy atom. The van der Waals surface area contributed by atoms with Gasteiger partial charge < -0.3 is 15.5 Å². The van der Waals surface area contributed by atoms with Crippen LogP contribution in [0, 0.1) is 5.82 Å². The Hall–Kier alpha value is -1.46. The van der Waals surface area contributed by atoms with Gasteiger partial charge in [0.2, 0.25) is 0 Å². The number of hydrogen-bond donors (Lipinski definition) is 2. The Kier molecular flexibility index (Phi) is 9.57. The SMILES string of the molecule is CN=C(NCc1csc(N(C)C)n1)NC1CCN(Cc2ccc(F)cc2)CC1.I. The number of thiazole rings is 1. The molecule has 0 radical (unpaired) electrons. The molecule has 0 aliphatic carbocycles. The van der Waals surface area contributed by atoms with Gasteiger partial charge in [-0.05, 0) is 30.5 Å². The molecule has 1 aliphatic rings. The maximum Gasteiger partial charge on any atom is 0.191 e. The molecule has 29 heavy (non-hydrogen) atoms. The minimum atomic E-state index is -0.180. The summed E-state index contributed by atoms with van der Waals surface area (Å²) in [6.07, 6.45) is 2.12. The lowest BCUT2D eigenvalue weighted by Crippen LogP contribution is -2.48. The van der Waals surface area contributed by atoms with E-state index in [0.717, 1.165) is 54.8 Å². The number of hydrogen-bond acceptors (Lipinski definition) is 5. The maximum atomic E-state index is 13.0. The molecule has 0 amide bonds. The van der Waals surface area contributed by atoms with Gasteiger partial charge in [-0.25, -0.2) is 9.37 Å². The predicted molar refractivity (Wildman–Crippen MR) is 130 cm³/mol. The number of nitrogens with zero attached hydrogens (tertiary/aromatic N) is 4. The number of halogens is 2. The second-order valence-corrected chi connectivity index (χ2v) is 8.10. The molecule has 1 aromatic heterocycles. The smallest absolute Gasteiger partial charge is 0.191 e. The summed E-state index contributed by atoms with van der Waals surface area (Å²) >= 11 is 1.64. The highest BCUT2D eigenvalue weighted by Gasteiger charge is 2.20. The van der Waals surface area contributed by atoms with E-state index in [1.807, 2.05) is 31.1 Å². The molecule has 0 unspecified atom stereocenters. The van der Waals surface area contributed by atoms with Crippen LogP contribution in [0.3, 0.4) is 0 Å². The lowest BCUT2D eigenvalue weighted by molar-refractivity contribution is 0.198. The van der Waals surface area contributed by atoms with Crippen LogP contribution in [0.2, 0.25) is 0 Å². The quantitative estimate of drug-likeness (QED) is 0.340. The van der Waals surface area contributed by atoms with Gasteiger partial charge in [-0.15, -0.1) is 35.3 Å². The highest BCUT2D eigenvalue weighted by Crippen LogP contribution is 2.18. The zero-order valence-corrected chi connectivity index (χ0v) is 20.3. The van der Waals surface area contributed by atoms with E-state index >= 15 is 0 Å². The van der Waals surface area contributed by atoms with Crippen molar-refractivity contribution in [3.05, 3.63) is 46.7 Å². The van der Waals surface area contributed by atoms with Crippen molar-refractivity contribution in [1.29, 1.82) is 0 Å². The van der Waals surface area contributed by atoms with Crippen molar-refractivity contribution in [2.24, 2.45) is 4.99 Å². The Morgan fingerprint density at radius 1 is 1.28 bits per heavy atom. The molecule has 1 fully saturated rings. The van der Waals surface area contributed by atoms with E-state index in [4.69, 9.17) is 0 Å². The summed E-state index contributed by atoms with van der Waals surface area (Å²) in [6.45, 7) is 3.57. The molecule has 1 aromatic carbocycles. The van der Waals surface area contributed by atoms with Crippen molar-refractivity contribution in [1.82, 2.24) is 20.5 Å². The first-order valence-electron chi connectivity index (χ1n) is 9.59. The Bertz CT molecular complexity index is 772. The van der Waals surface area contributed by atoms with Crippen LogP contribution in [0.1, 0.15) is 24.1 Å². The second kappa shape index (κ2) is 11.7. The van der Waals surface area contributed by atoms with Crippen LogP contribution in [0.25, 0.3) is 0 Å². The first-order chi connectivity index (χ1) is 13.5. The van der Waals surface area contributed by atoms with E-state index in [9.17, 15) is 4.39 Å². The van der Waals surface area contributed by atoms with Crippen molar-refractivity contribution in [2.75, 3.05) is 39.1 Å². The van der Waals surface area contributed by atoms with Gasteiger partial charge in [0.15, 0.2) is 11.1 Å². The predicted octanol–water partition coefficient (Wildman–Crippen LogP) is 3.30. The fourth-order valence-corrected chi connectivity index (χ4v) is 3.99. The van der Waals surface area contributed by atoms with E-state index in [1.165, 1.54) is 12.1 Å². The van der Waals surface area contributed by atoms with Crippen molar-refractivity contribution in [3.8, 4) is 0 Å². The molecule has 9 heteroatoms. The van der Waals surface area contributed by atoms with Crippen LogP contribution in [0.5, 0.6) is 0 Å². The highest BCUT2D eigenvalue weighted by atomic mass is 127. The van der Waals surface area contributed by atoms with Gasteiger partial charge in [-0.1, -0.05) is 12.1 Å². The third-order valence-corrected chi connectivity index (χ3v) is 5.89. The van der Waals surface area contributed by atoms with Gasteiger partial charge in [-0.3, -0.25) is 9.89 Å². The van der Waals surface area contributed by atoms with Gasteiger partial charge in [-0.2, -0.15) is 0 Å². The van der Waals surface area contributed by atoms with Crippen molar-refractivity contribution < 1.29 is 4.39 Å². The zero-order chi connectivity index (χ0) is 19.9. The Labute approximate surface area is 193 Å². The van der Waals surface area contributed by atoms with Crippen LogP contribution < -0.4 is 15.5 Å². The zero-order valence-electron chi connectivity index (χ0n) is 17.2. The lowest BCUT2D eigenvalue weighted by atomic mass is 10.0. The molecule has 160 valence electrons. The molecule has 1 saturated heterocycles. The third-order valence-electron chi connectivity index (χ3n) is 4.83. The molecule has 1 aliphatic heterocycles. The summed E-state index contributed by atoms with van der Waals surface area (Å²) in [7, 11) is 5.79. The van der Waals surface area contributed by atoms with E-state index in [-0.39, 0.29) is 29.8 Å². The standard InChI is InChI=1S/C20H29FN6S.HI/c1-22-19(23-12-18-14-28-20(25-18)26(2)3)24-17-8-10-27(11-9-17)13-15-4-6-16(21)7-5-15;/h4-7,14,17H,8-13H2,1-3H3,(H2,22,23,24);1H. The molecule has 2 aromatic rings. The van der Waals surface area contributed by atoms with Crippen molar-refractivity contribution >= 4 is 46.4 Å². The van der Waals surface area contributed by atoms with Gasteiger partial charge >= 0.3 is 0 Å². The van der Waals surface area contributed by atoms with Gasteiger partial charge in [0.05, 0.1) is 12.2 Å². The number of aromatic nitrogens is 1. The normalized spacial score (nSPS) is 15.7. The number of aliphatic imine (C=N–C) groups is 1. The van der Waals surface area contributed by atoms with Crippen LogP contribution in [-0.2, 0) is 13.1 Å². The number of likely N-dealkylation sites (tertiary alicyclic amines) is 1. The first kappa shape index (κ1) is 23.8. The van der Waals surface area contributed by atoms with E-state index in [0.29, 0.717) is 12.6 Å². The summed E-state index contributed by atoms with van der Waals surface area (Å²) in [5.74, 6) is 0.637. The maximum absolute atomic E-state index is 13.0. The Balaban J connectivity index is 0.00000300. The van der Waals surface area contributed by atoms with Crippen LogP contribution in [0.4, 0.5) is 9.52 Å². The largest absolute Gasteiger partial charge is 0.354 e. The fraction of sp³-hybridized carbons (Fsp3) is 0.500. The molecule has 6 nitrogen and oxygen atoms in total. The topological polar surface area (TPSA) is 55.8 Å². The number of anilines is 1. The highest BCUT2D eigenvalue weighted by molar-refractivity contribution is 14.0. The fourth-order valence-electron chi connectivity index (χ4n) is 3.23. The van der Waals surface area contributed by atoms with E-state index in [2.05, 4.69) is 30.9 Å². The van der Waals surface area contributed by atoms with Gasteiger partial charge in [0.1, 0.15) is 5.82 Å².